The molecular weight excluding hydrogens is 610 g/mol. The zero-order valence-corrected chi connectivity index (χ0v) is 27.1. The summed E-state index contributed by atoms with van der Waals surface area (Å²) in [7, 11) is -4.75. The summed E-state index contributed by atoms with van der Waals surface area (Å²) in [6, 6.07) is 6.68. The first-order valence-corrected chi connectivity index (χ1v) is 17.4. The lowest BCUT2D eigenvalue weighted by Crippen LogP contribution is -2.65. The second kappa shape index (κ2) is 9.84. The van der Waals surface area contributed by atoms with Crippen LogP contribution in [0.2, 0.25) is 0 Å². The molecule has 1 spiro atoms. The standard InChI is InChI=1S/C34H37N3O8S/c1-17(2)21-16-34-14-11-24-32(3,12-6-13-33(24,4)31(41)42)25(34)15-20(21)26-27(34)30(40)37(29(26)39)45-46(43,44)23-8-5-7-19-18(23)9-10-22(36-35)28(19)38/h5,7-10,16-17,20,24-27H,6,11-15H2,1-4H3,(H-,38,41,42)/p+1/t20-,24+,25+,26?,27?,32-,33+,34-/m0/s1. The predicted octanol–water partition coefficient (Wildman–Crippen LogP) is 6.16. The first-order chi connectivity index (χ1) is 21.6. The molecule has 2 N–H and O–H groups in total. The maximum atomic E-state index is 14.4. The summed E-state index contributed by atoms with van der Waals surface area (Å²) in [6.07, 6.45) is 6.16. The molecular formula is C34H38N3O8S+. The lowest BCUT2D eigenvalue weighted by molar-refractivity contribution is -0.195. The third-order valence-corrected chi connectivity index (χ3v) is 13.9. The predicted molar refractivity (Wildman–Crippen MR) is 165 cm³/mol. The summed E-state index contributed by atoms with van der Waals surface area (Å²) >= 11 is 0. The van der Waals surface area contributed by atoms with E-state index in [1.165, 1.54) is 30.3 Å². The van der Waals surface area contributed by atoms with E-state index in [0.717, 1.165) is 18.4 Å². The van der Waals surface area contributed by atoms with Crippen molar-refractivity contribution in [2.24, 2.45) is 51.8 Å². The van der Waals surface area contributed by atoms with Gasteiger partial charge in [0.25, 0.3) is 11.8 Å². The third kappa shape index (κ3) is 3.81. The fraction of sp³-hybridized carbons (Fsp3) is 0.559. The van der Waals surface area contributed by atoms with Gasteiger partial charge in [-0.2, -0.15) is 8.42 Å². The maximum absolute atomic E-state index is 14.4. The van der Waals surface area contributed by atoms with Gasteiger partial charge in [0.15, 0.2) is 4.98 Å². The molecule has 242 valence electrons. The number of amides is 2. The Bertz CT molecular complexity index is 1920. The molecule has 2 unspecified atom stereocenters. The van der Waals surface area contributed by atoms with Gasteiger partial charge in [0, 0.05) is 22.3 Å². The molecule has 12 heteroatoms. The van der Waals surface area contributed by atoms with Crippen LogP contribution in [0, 0.1) is 57.1 Å². The van der Waals surface area contributed by atoms with Crippen LogP contribution in [0.3, 0.4) is 0 Å². The van der Waals surface area contributed by atoms with E-state index in [2.05, 4.69) is 31.8 Å². The molecule has 0 aromatic heterocycles. The number of phenols is 1. The second-order valence-corrected chi connectivity index (χ2v) is 16.4. The van der Waals surface area contributed by atoms with Gasteiger partial charge in [-0.05, 0) is 80.2 Å². The zero-order chi connectivity index (χ0) is 33.1. The van der Waals surface area contributed by atoms with Gasteiger partial charge < -0.3 is 10.2 Å². The monoisotopic (exact) mass is 648 g/mol. The van der Waals surface area contributed by atoms with Crippen LogP contribution in [0.15, 0.2) is 46.9 Å². The number of carbonyl (C=O) groups is 3. The number of allylic oxidation sites excluding steroid dienone is 2. The molecule has 6 aliphatic rings. The largest absolute Gasteiger partial charge is 0.501 e. The minimum Gasteiger partial charge on any atom is -0.501 e. The van der Waals surface area contributed by atoms with Gasteiger partial charge >= 0.3 is 21.8 Å². The Balaban J connectivity index is 1.29. The Labute approximate surface area is 267 Å². The number of carboxylic acid groups (broad SMARTS) is 1. The zero-order valence-electron chi connectivity index (χ0n) is 26.3. The highest BCUT2D eigenvalue weighted by molar-refractivity contribution is 7.87. The number of hydrogen-bond acceptors (Lipinski definition) is 8. The number of aromatic hydroxyl groups is 1. The van der Waals surface area contributed by atoms with E-state index in [4.69, 9.17) is 4.28 Å². The van der Waals surface area contributed by atoms with Crippen LogP contribution >= 0.6 is 0 Å². The Kier molecular flexibility index (Phi) is 6.59. The number of hydroxylamine groups is 2. The van der Waals surface area contributed by atoms with E-state index in [-0.39, 0.29) is 50.4 Å². The maximum Gasteiger partial charge on any atom is 0.426 e. The van der Waals surface area contributed by atoms with Crippen molar-refractivity contribution in [3.63, 3.8) is 0 Å². The number of diazo groups is 1. The van der Waals surface area contributed by atoms with E-state index < -0.39 is 56.3 Å². The number of imide groups is 1. The highest BCUT2D eigenvalue weighted by atomic mass is 32.2. The van der Waals surface area contributed by atoms with Crippen LogP contribution in [-0.2, 0) is 28.8 Å². The molecule has 11 nitrogen and oxygen atoms in total. The smallest absolute Gasteiger partial charge is 0.426 e. The van der Waals surface area contributed by atoms with Gasteiger partial charge in [0.05, 0.1) is 17.3 Å². The Morgan fingerprint density at radius 1 is 1.07 bits per heavy atom. The molecule has 5 aliphatic carbocycles. The number of aliphatic carboxylic acids is 1. The summed E-state index contributed by atoms with van der Waals surface area (Å²) in [5, 5.41) is 30.6. The molecule has 2 amide bonds. The molecule has 1 saturated heterocycles. The molecule has 1 heterocycles. The summed E-state index contributed by atoms with van der Waals surface area (Å²) in [5.41, 5.74) is -1.05. The second-order valence-electron chi connectivity index (χ2n) is 14.9. The van der Waals surface area contributed by atoms with E-state index in [9.17, 15) is 38.4 Å². The highest BCUT2D eigenvalue weighted by Crippen LogP contribution is 2.74. The van der Waals surface area contributed by atoms with Crippen molar-refractivity contribution in [1.82, 2.24) is 5.06 Å². The summed E-state index contributed by atoms with van der Waals surface area (Å²) < 4.78 is 33.0. The van der Waals surface area contributed by atoms with Crippen molar-refractivity contribution in [2.75, 3.05) is 0 Å². The van der Waals surface area contributed by atoms with E-state index in [0.29, 0.717) is 30.7 Å². The first-order valence-electron chi connectivity index (χ1n) is 16.0. The SMILES string of the molecule is CC(C)C1=C[C@@]23CC[C@@H]4[C@](C)(CCC[C@@]4(C)C(=O)O)[C@H]2C[C@@H]1C1C(=O)N(OS(=O)(=O)c2cccc4c(O)c([N+]#N)ccc24)C(=O)C13. The van der Waals surface area contributed by atoms with Gasteiger partial charge in [-0.15, -0.1) is 9.35 Å². The number of hydrogen-bond donors (Lipinski definition) is 2. The summed E-state index contributed by atoms with van der Waals surface area (Å²) in [5.74, 6) is -4.51. The van der Waals surface area contributed by atoms with Crippen molar-refractivity contribution in [1.29, 1.82) is 5.39 Å². The topological polar surface area (TPSA) is 166 Å². The van der Waals surface area contributed by atoms with Gasteiger partial charge in [0.1, 0.15) is 4.90 Å². The van der Waals surface area contributed by atoms with Gasteiger partial charge in [-0.3, -0.25) is 14.4 Å². The molecule has 2 aromatic rings. The lowest BCUT2D eigenvalue weighted by Gasteiger charge is -2.68. The molecule has 3 saturated carbocycles. The summed E-state index contributed by atoms with van der Waals surface area (Å²) in [6.45, 7) is 8.15. The van der Waals surface area contributed by atoms with E-state index >= 15 is 0 Å². The van der Waals surface area contributed by atoms with E-state index in [1.807, 2.05) is 6.92 Å². The molecule has 2 aromatic carbocycles. The molecule has 2 bridgehead atoms. The van der Waals surface area contributed by atoms with Crippen LogP contribution < -0.4 is 0 Å². The lowest BCUT2D eigenvalue weighted by atomic mass is 9.34. The number of fused-ring (bicyclic) bond motifs is 2. The quantitative estimate of drug-likeness (QED) is 0.219. The van der Waals surface area contributed by atoms with Crippen molar-refractivity contribution in [3.8, 4) is 5.75 Å². The number of carbonyl (C=O) groups excluding carboxylic acids is 2. The van der Waals surface area contributed by atoms with Crippen molar-refractivity contribution >= 4 is 44.4 Å². The van der Waals surface area contributed by atoms with Crippen LogP contribution in [0.25, 0.3) is 15.7 Å². The van der Waals surface area contributed by atoms with Crippen molar-refractivity contribution in [2.45, 2.75) is 71.1 Å². The first kappa shape index (κ1) is 30.8. The summed E-state index contributed by atoms with van der Waals surface area (Å²) in [4.78, 5) is 43.8. The average molecular weight is 649 g/mol. The number of benzene rings is 2. The van der Waals surface area contributed by atoms with Crippen LogP contribution in [0.5, 0.6) is 5.75 Å². The molecule has 46 heavy (non-hydrogen) atoms. The Hall–Kier alpha value is -3.82. The fourth-order valence-corrected chi connectivity index (χ4v) is 11.9. The Morgan fingerprint density at radius 3 is 2.48 bits per heavy atom. The number of nitrogens with zero attached hydrogens (tertiary/aromatic N) is 3. The average Bonchev–Trinajstić information content (AvgIpc) is 3.27. The molecule has 8 atom stereocenters. The van der Waals surface area contributed by atoms with Crippen molar-refractivity contribution in [3.05, 3.63) is 47.0 Å². The third-order valence-electron chi connectivity index (χ3n) is 12.6. The molecule has 8 rings (SSSR count). The van der Waals surface area contributed by atoms with E-state index in [1.54, 1.807) is 0 Å². The van der Waals surface area contributed by atoms with Crippen molar-refractivity contribution < 1.29 is 37.3 Å². The number of carboxylic acids is 1. The number of rotatable bonds is 5. The molecule has 0 radical (unpaired) electrons. The fourth-order valence-electron chi connectivity index (χ4n) is 10.7. The minimum absolute atomic E-state index is 0.0491. The van der Waals surface area contributed by atoms with Gasteiger partial charge in [0.2, 0.25) is 11.1 Å². The minimum atomic E-state index is -4.75. The van der Waals surface area contributed by atoms with Gasteiger partial charge in [-0.1, -0.05) is 51.0 Å². The molecule has 4 fully saturated rings. The normalized spacial score (nSPS) is 36.7. The molecule has 1 aliphatic heterocycles. The highest BCUT2D eigenvalue weighted by Gasteiger charge is 2.74. The van der Waals surface area contributed by atoms with Crippen LogP contribution in [0.1, 0.15) is 66.2 Å². The number of phenolic OH excluding ortho intramolecular Hbond substituents is 1. The van der Waals surface area contributed by atoms with Gasteiger partial charge in [-0.25, -0.2) is 0 Å². The van der Waals surface area contributed by atoms with Crippen LogP contribution in [-0.4, -0.2) is 41.5 Å². The Morgan fingerprint density at radius 2 is 1.80 bits per heavy atom. The van der Waals surface area contributed by atoms with Crippen LogP contribution in [0.4, 0.5) is 5.69 Å².